The van der Waals surface area contributed by atoms with Crippen molar-refractivity contribution in [2.24, 2.45) is 17.8 Å². The summed E-state index contributed by atoms with van der Waals surface area (Å²) in [6, 6.07) is 9.58. The Bertz CT molecular complexity index is 645. The average Bonchev–Trinajstić information content (AvgIpc) is 2.65. The topological polar surface area (TPSA) is 86.7 Å². The molecule has 27 heavy (non-hydrogen) atoms. The number of likely N-dealkylation sites (tertiary alicyclic amines) is 1. The maximum atomic E-state index is 12.5. The van der Waals surface area contributed by atoms with Crippen molar-refractivity contribution >= 4 is 17.8 Å². The molecule has 0 bridgehead atoms. The van der Waals surface area contributed by atoms with Crippen LogP contribution < -0.4 is 5.32 Å². The highest BCUT2D eigenvalue weighted by Gasteiger charge is 2.29. The third-order valence-electron chi connectivity index (χ3n) is 4.97. The number of aliphatic carboxylic acids is 1. The SMILES string of the molecule is CC(C)CC(CNC(=O)C1CCCN(C(=O)Cc2ccccc2)C1)C(=O)O. The number of carboxylic acids is 1. The van der Waals surface area contributed by atoms with Gasteiger partial charge in [0, 0.05) is 19.6 Å². The van der Waals surface area contributed by atoms with Crippen molar-refractivity contribution in [1.29, 1.82) is 0 Å². The average molecular weight is 374 g/mol. The quantitative estimate of drug-likeness (QED) is 0.731. The van der Waals surface area contributed by atoms with Crippen molar-refractivity contribution in [3.05, 3.63) is 35.9 Å². The van der Waals surface area contributed by atoms with E-state index in [0.29, 0.717) is 25.9 Å². The predicted molar refractivity (Wildman–Crippen MR) is 103 cm³/mol. The highest BCUT2D eigenvalue weighted by molar-refractivity contribution is 5.82. The zero-order valence-electron chi connectivity index (χ0n) is 16.2. The van der Waals surface area contributed by atoms with Crippen LogP contribution in [0.1, 0.15) is 38.7 Å². The lowest BCUT2D eigenvalue weighted by Gasteiger charge is -2.32. The smallest absolute Gasteiger partial charge is 0.308 e. The van der Waals surface area contributed by atoms with Gasteiger partial charge < -0.3 is 15.3 Å². The standard InChI is InChI=1S/C21H30N2O4/c1-15(2)11-18(21(26)27)13-22-20(25)17-9-6-10-23(14-17)19(24)12-16-7-4-3-5-8-16/h3-5,7-8,15,17-18H,6,9-14H2,1-2H3,(H,22,25)(H,26,27). The largest absolute Gasteiger partial charge is 0.481 e. The molecule has 1 aliphatic heterocycles. The van der Waals surface area contributed by atoms with Crippen LogP contribution in [0.4, 0.5) is 0 Å². The first kappa shape index (κ1) is 20.9. The molecule has 6 nitrogen and oxygen atoms in total. The van der Waals surface area contributed by atoms with E-state index in [1.807, 2.05) is 44.2 Å². The molecule has 2 atom stereocenters. The van der Waals surface area contributed by atoms with E-state index in [4.69, 9.17) is 0 Å². The molecule has 0 aromatic heterocycles. The van der Waals surface area contributed by atoms with E-state index in [1.165, 1.54) is 0 Å². The molecule has 1 fully saturated rings. The number of hydrogen-bond acceptors (Lipinski definition) is 3. The van der Waals surface area contributed by atoms with Gasteiger partial charge in [-0.05, 0) is 30.7 Å². The Morgan fingerprint density at radius 1 is 1.22 bits per heavy atom. The van der Waals surface area contributed by atoms with E-state index >= 15 is 0 Å². The molecule has 1 aromatic rings. The summed E-state index contributed by atoms with van der Waals surface area (Å²) < 4.78 is 0. The maximum absolute atomic E-state index is 12.5. The molecule has 0 saturated carbocycles. The van der Waals surface area contributed by atoms with Crippen molar-refractivity contribution in [3.63, 3.8) is 0 Å². The Morgan fingerprint density at radius 3 is 2.56 bits per heavy atom. The second kappa shape index (κ2) is 10.1. The highest BCUT2D eigenvalue weighted by Crippen LogP contribution is 2.18. The third-order valence-corrected chi connectivity index (χ3v) is 4.97. The Labute approximate surface area is 160 Å². The summed E-state index contributed by atoms with van der Waals surface area (Å²) in [5, 5.41) is 12.1. The number of nitrogens with zero attached hydrogens (tertiary/aromatic N) is 1. The van der Waals surface area contributed by atoms with Crippen LogP contribution >= 0.6 is 0 Å². The van der Waals surface area contributed by atoms with Crippen LogP contribution in [0.15, 0.2) is 30.3 Å². The van der Waals surface area contributed by atoms with Crippen molar-refractivity contribution in [2.45, 2.75) is 39.5 Å². The normalized spacial score (nSPS) is 18.2. The Kier molecular flexibility index (Phi) is 7.82. The first-order valence-electron chi connectivity index (χ1n) is 9.69. The molecule has 148 valence electrons. The van der Waals surface area contributed by atoms with Crippen LogP contribution in [0.2, 0.25) is 0 Å². The fourth-order valence-corrected chi connectivity index (χ4v) is 3.51. The van der Waals surface area contributed by atoms with E-state index < -0.39 is 11.9 Å². The lowest BCUT2D eigenvalue weighted by atomic mass is 9.94. The summed E-state index contributed by atoms with van der Waals surface area (Å²) in [6.45, 7) is 5.14. The van der Waals surface area contributed by atoms with Crippen LogP contribution in [-0.2, 0) is 20.8 Å². The molecular formula is C21H30N2O4. The van der Waals surface area contributed by atoms with E-state index in [0.717, 1.165) is 18.4 Å². The minimum atomic E-state index is -0.882. The monoisotopic (exact) mass is 374 g/mol. The number of carboxylic acid groups (broad SMARTS) is 1. The molecule has 1 heterocycles. The van der Waals surface area contributed by atoms with Gasteiger partial charge in [-0.25, -0.2) is 0 Å². The molecule has 0 aliphatic carbocycles. The zero-order valence-corrected chi connectivity index (χ0v) is 16.2. The third kappa shape index (κ3) is 6.70. The van der Waals surface area contributed by atoms with E-state index in [-0.39, 0.29) is 30.2 Å². The van der Waals surface area contributed by atoms with Crippen LogP contribution in [0, 0.1) is 17.8 Å². The number of nitrogens with one attached hydrogen (secondary N) is 1. The number of hydrogen-bond donors (Lipinski definition) is 2. The molecular weight excluding hydrogens is 344 g/mol. The van der Waals surface area contributed by atoms with Gasteiger partial charge in [-0.3, -0.25) is 14.4 Å². The van der Waals surface area contributed by atoms with Gasteiger partial charge in [0.2, 0.25) is 11.8 Å². The van der Waals surface area contributed by atoms with Gasteiger partial charge in [-0.15, -0.1) is 0 Å². The molecule has 0 radical (unpaired) electrons. The second-order valence-corrected chi connectivity index (χ2v) is 7.75. The molecule has 0 spiro atoms. The molecule has 1 aromatic carbocycles. The van der Waals surface area contributed by atoms with Gasteiger partial charge in [0.1, 0.15) is 0 Å². The van der Waals surface area contributed by atoms with Crippen LogP contribution in [0.5, 0.6) is 0 Å². The number of rotatable bonds is 8. The van der Waals surface area contributed by atoms with E-state index in [1.54, 1.807) is 4.90 Å². The van der Waals surface area contributed by atoms with Crippen molar-refractivity contribution in [1.82, 2.24) is 10.2 Å². The number of carbonyl (C=O) groups excluding carboxylic acids is 2. The summed E-state index contributed by atoms with van der Waals surface area (Å²) in [4.78, 5) is 38.1. The van der Waals surface area contributed by atoms with E-state index in [9.17, 15) is 19.5 Å². The summed E-state index contributed by atoms with van der Waals surface area (Å²) in [7, 11) is 0. The number of benzene rings is 1. The Morgan fingerprint density at radius 2 is 1.93 bits per heavy atom. The maximum Gasteiger partial charge on any atom is 0.308 e. The predicted octanol–water partition coefficient (Wildman–Crippen LogP) is 2.33. The van der Waals surface area contributed by atoms with Crippen LogP contribution in [-0.4, -0.2) is 47.4 Å². The molecule has 2 N–H and O–H groups in total. The summed E-state index contributed by atoms with van der Waals surface area (Å²) in [5.74, 6) is -1.60. The minimum Gasteiger partial charge on any atom is -0.481 e. The summed E-state index contributed by atoms with van der Waals surface area (Å²) in [5.41, 5.74) is 0.965. The van der Waals surface area contributed by atoms with Gasteiger partial charge >= 0.3 is 5.97 Å². The Hall–Kier alpha value is -2.37. The van der Waals surface area contributed by atoms with Crippen molar-refractivity contribution in [3.8, 4) is 0 Å². The minimum absolute atomic E-state index is 0.0296. The lowest BCUT2D eigenvalue weighted by molar-refractivity contribution is -0.142. The lowest BCUT2D eigenvalue weighted by Crippen LogP contribution is -2.47. The van der Waals surface area contributed by atoms with Gasteiger partial charge in [0.15, 0.2) is 0 Å². The highest BCUT2D eigenvalue weighted by atomic mass is 16.4. The Balaban J connectivity index is 1.86. The fourth-order valence-electron chi connectivity index (χ4n) is 3.51. The van der Waals surface area contributed by atoms with Gasteiger partial charge in [0.05, 0.1) is 18.3 Å². The molecule has 2 rings (SSSR count). The van der Waals surface area contributed by atoms with Crippen LogP contribution in [0.25, 0.3) is 0 Å². The van der Waals surface area contributed by atoms with E-state index in [2.05, 4.69) is 5.32 Å². The zero-order chi connectivity index (χ0) is 19.8. The van der Waals surface area contributed by atoms with Crippen molar-refractivity contribution in [2.75, 3.05) is 19.6 Å². The molecule has 6 heteroatoms. The molecule has 2 amide bonds. The van der Waals surface area contributed by atoms with Crippen LogP contribution in [0.3, 0.4) is 0 Å². The number of amides is 2. The second-order valence-electron chi connectivity index (χ2n) is 7.75. The van der Waals surface area contributed by atoms with Gasteiger partial charge in [-0.1, -0.05) is 44.2 Å². The summed E-state index contributed by atoms with van der Waals surface area (Å²) >= 11 is 0. The summed E-state index contributed by atoms with van der Waals surface area (Å²) in [6.07, 6.45) is 2.38. The van der Waals surface area contributed by atoms with Gasteiger partial charge in [0.25, 0.3) is 0 Å². The van der Waals surface area contributed by atoms with Gasteiger partial charge in [-0.2, -0.15) is 0 Å². The molecule has 1 aliphatic rings. The number of carbonyl (C=O) groups is 3. The molecule has 1 saturated heterocycles. The fraction of sp³-hybridized carbons (Fsp3) is 0.571. The number of piperidine rings is 1. The van der Waals surface area contributed by atoms with Crippen molar-refractivity contribution < 1.29 is 19.5 Å². The first-order valence-corrected chi connectivity index (χ1v) is 9.69. The first-order chi connectivity index (χ1) is 12.9. The molecule has 2 unspecified atom stereocenters.